The predicted octanol–water partition coefficient (Wildman–Crippen LogP) is 1.17. The third-order valence-corrected chi connectivity index (χ3v) is 3.32. The molecule has 0 unspecified atom stereocenters. The molecule has 0 heterocycles. The van der Waals surface area contributed by atoms with Crippen LogP contribution in [0.25, 0.3) is 0 Å². The maximum Gasteiger partial charge on any atom is 0.311 e. The number of carboxylic acids is 1. The van der Waals surface area contributed by atoms with Gasteiger partial charge in [0.1, 0.15) is 0 Å². The highest BCUT2D eigenvalue weighted by atomic mass is 16.5. The lowest BCUT2D eigenvalue weighted by Gasteiger charge is -2.23. The molecule has 2 N–H and O–H groups in total. The summed E-state index contributed by atoms with van der Waals surface area (Å²) in [4.78, 5) is 22.7. The van der Waals surface area contributed by atoms with Gasteiger partial charge in [-0.25, -0.2) is 0 Å². The minimum absolute atomic E-state index is 0.133. The van der Waals surface area contributed by atoms with Crippen LogP contribution in [0.15, 0.2) is 0 Å². The molecule has 0 saturated heterocycles. The Morgan fingerprint density at radius 1 is 1.35 bits per heavy atom. The molecule has 98 valence electrons. The minimum Gasteiger partial charge on any atom is -0.481 e. The third kappa shape index (κ3) is 4.00. The van der Waals surface area contributed by atoms with Gasteiger partial charge in [-0.1, -0.05) is 12.8 Å². The molecule has 17 heavy (non-hydrogen) atoms. The number of hydrogen-bond donors (Lipinski definition) is 2. The average molecular weight is 243 g/mol. The Labute approximate surface area is 102 Å². The van der Waals surface area contributed by atoms with E-state index >= 15 is 0 Å². The summed E-state index contributed by atoms with van der Waals surface area (Å²) in [6, 6.07) is 0. The van der Waals surface area contributed by atoms with Crippen LogP contribution in [-0.4, -0.2) is 36.7 Å². The number of carbonyl (C=O) groups excluding carboxylic acids is 1. The number of amides is 1. The highest BCUT2D eigenvalue weighted by Gasteiger charge is 2.41. The predicted molar refractivity (Wildman–Crippen MR) is 62.7 cm³/mol. The van der Waals surface area contributed by atoms with Gasteiger partial charge in [-0.05, 0) is 19.8 Å². The molecule has 1 aliphatic carbocycles. The molecular formula is C12H21NO4. The zero-order chi connectivity index (χ0) is 12.7. The lowest BCUT2D eigenvalue weighted by atomic mass is 9.86. The number of hydrogen-bond acceptors (Lipinski definition) is 3. The van der Waals surface area contributed by atoms with Crippen LogP contribution in [0.1, 0.15) is 39.0 Å². The molecule has 1 aliphatic rings. The third-order valence-electron chi connectivity index (χ3n) is 3.32. The highest BCUT2D eigenvalue weighted by molar-refractivity contribution is 5.79. The van der Waals surface area contributed by atoms with E-state index in [1.165, 1.54) is 0 Å². The lowest BCUT2D eigenvalue weighted by molar-refractivity contribution is -0.148. The fourth-order valence-electron chi connectivity index (χ4n) is 2.18. The molecule has 1 fully saturated rings. The molecule has 1 amide bonds. The van der Waals surface area contributed by atoms with E-state index < -0.39 is 11.4 Å². The van der Waals surface area contributed by atoms with Crippen molar-refractivity contribution in [1.29, 1.82) is 0 Å². The second-order valence-electron chi connectivity index (χ2n) is 4.52. The minimum atomic E-state index is -0.792. The van der Waals surface area contributed by atoms with Gasteiger partial charge in [-0.2, -0.15) is 0 Å². The van der Waals surface area contributed by atoms with Gasteiger partial charge >= 0.3 is 5.97 Å². The first kappa shape index (κ1) is 14.0. The van der Waals surface area contributed by atoms with Crippen molar-refractivity contribution in [2.75, 3.05) is 19.8 Å². The number of rotatable bonds is 7. The van der Waals surface area contributed by atoms with Crippen LogP contribution in [0, 0.1) is 5.41 Å². The Balaban J connectivity index is 2.32. The van der Waals surface area contributed by atoms with Crippen molar-refractivity contribution < 1.29 is 19.4 Å². The van der Waals surface area contributed by atoms with Crippen molar-refractivity contribution in [2.45, 2.75) is 39.0 Å². The van der Waals surface area contributed by atoms with Crippen LogP contribution in [0.3, 0.4) is 0 Å². The van der Waals surface area contributed by atoms with Crippen LogP contribution in [0.4, 0.5) is 0 Å². The number of nitrogens with one attached hydrogen (secondary N) is 1. The molecule has 0 aliphatic heterocycles. The van der Waals surface area contributed by atoms with Gasteiger partial charge in [0.25, 0.3) is 0 Å². The summed E-state index contributed by atoms with van der Waals surface area (Å²) in [6.07, 6.45) is 3.48. The first-order valence-electron chi connectivity index (χ1n) is 6.18. The summed E-state index contributed by atoms with van der Waals surface area (Å²) in [5.74, 6) is -0.925. The van der Waals surface area contributed by atoms with E-state index in [1.807, 2.05) is 6.92 Å². The van der Waals surface area contributed by atoms with E-state index in [0.29, 0.717) is 32.5 Å². The van der Waals surface area contributed by atoms with Crippen LogP contribution in [0.5, 0.6) is 0 Å². The fraction of sp³-hybridized carbons (Fsp3) is 0.833. The molecule has 1 saturated carbocycles. The van der Waals surface area contributed by atoms with Crippen molar-refractivity contribution in [3.05, 3.63) is 0 Å². The monoisotopic (exact) mass is 243 g/mol. The average Bonchev–Trinajstić information content (AvgIpc) is 2.77. The van der Waals surface area contributed by atoms with E-state index in [0.717, 1.165) is 12.8 Å². The lowest BCUT2D eigenvalue weighted by Crippen LogP contribution is -2.41. The Kier molecular flexibility index (Phi) is 5.41. The summed E-state index contributed by atoms with van der Waals surface area (Å²) < 4.78 is 5.07. The van der Waals surface area contributed by atoms with Gasteiger partial charge in [0.2, 0.25) is 5.91 Å². The summed E-state index contributed by atoms with van der Waals surface area (Å²) >= 11 is 0. The number of aliphatic carboxylic acids is 1. The highest BCUT2D eigenvalue weighted by Crippen LogP contribution is 2.37. The topological polar surface area (TPSA) is 75.6 Å². The molecule has 0 aromatic rings. The largest absolute Gasteiger partial charge is 0.481 e. The van der Waals surface area contributed by atoms with Crippen LogP contribution in [0.2, 0.25) is 0 Å². The van der Waals surface area contributed by atoms with Gasteiger partial charge in [-0.3, -0.25) is 9.59 Å². The van der Waals surface area contributed by atoms with E-state index in [1.54, 1.807) is 0 Å². The summed E-state index contributed by atoms with van der Waals surface area (Å²) in [7, 11) is 0. The second kappa shape index (κ2) is 6.59. The van der Waals surface area contributed by atoms with Crippen molar-refractivity contribution in [3.63, 3.8) is 0 Å². The maximum atomic E-state index is 11.5. The van der Waals surface area contributed by atoms with E-state index in [-0.39, 0.29) is 12.5 Å². The molecule has 0 atom stereocenters. The van der Waals surface area contributed by atoms with Gasteiger partial charge in [0.05, 0.1) is 12.0 Å². The van der Waals surface area contributed by atoms with Crippen LogP contribution >= 0.6 is 0 Å². The Bertz CT molecular complexity index is 272. The van der Waals surface area contributed by atoms with Gasteiger partial charge in [0.15, 0.2) is 0 Å². The van der Waals surface area contributed by atoms with Crippen molar-refractivity contribution in [3.8, 4) is 0 Å². The quantitative estimate of drug-likeness (QED) is 0.658. The first-order chi connectivity index (χ1) is 8.10. The zero-order valence-corrected chi connectivity index (χ0v) is 10.3. The fourth-order valence-corrected chi connectivity index (χ4v) is 2.18. The zero-order valence-electron chi connectivity index (χ0n) is 10.3. The van der Waals surface area contributed by atoms with Crippen molar-refractivity contribution >= 4 is 11.9 Å². The number of carbonyl (C=O) groups is 2. The van der Waals surface area contributed by atoms with E-state index in [2.05, 4.69) is 5.32 Å². The molecule has 5 nitrogen and oxygen atoms in total. The van der Waals surface area contributed by atoms with Gasteiger partial charge < -0.3 is 15.2 Å². The number of carboxylic acid groups (broad SMARTS) is 1. The molecule has 5 heteroatoms. The smallest absolute Gasteiger partial charge is 0.311 e. The Morgan fingerprint density at radius 2 is 2.00 bits per heavy atom. The molecule has 0 radical (unpaired) electrons. The molecule has 0 aromatic carbocycles. The SMILES string of the molecule is CCOCCC(=O)NCC1(C(=O)O)CCCC1. The van der Waals surface area contributed by atoms with E-state index in [9.17, 15) is 14.7 Å². The summed E-state index contributed by atoms with van der Waals surface area (Å²) in [6.45, 7) is 3.10. The molecule has 1 rings (SSSR count). The maximum absolute atomic E-state index is 11.5. The second-order valence-corrected chi connectivity index (χ2v) is 4.52. The molecule has 0 spiro atoms. The Hall–Kier alpha value is -1.10. The Morgan fingerprint density at radius 3 is 2.53 bits per heavy atom. The van der Waals surface area contributed by atoms with Crippen LogP contribution < -0.4 is 5.32 Å². The van der Waals surface area contributed by atoms with Gasteiger partial charge in [0, 0.05) is 19.6 Å². The number of ether oxygens (including phenoxy) is 1. The van der Waals surface area contributed by atoms with Crippen LogP contribution in [-0.2, 0) is 14.3 Å². The summed E-state index contributed by atoms with van der Waals surface area (Å²) in [5.41, 5.74) is -0.735. The van der Waals surface area contributed by atoms with Gasteiger partial charge in [-0.15, -0.1) is 0 Å². The van der Waals surface area contributed by atoms with Crippen molar-refractivity contribution in [1.82, 2.24) is 5.32 Å². The molecule has 0 aromatic heterocycles. The standard InChI is InChI=1S/C12H21NO4/c1-2-17-8-5-10(14)13-9-12(11(15)16)6-3-4-7-12/h2-9H2,1H3,(H,13,14)(H,15,16). The normalized spacial score (nSPS) is 17.9. The van der Waals surface area contributed by atoms with Crippen molar-refractivity contribution in [2.24, 2.45) is 5.41 Å². The molecule has 0 bridgehead atoms. The first-order valence-corrected chi connectivity index (χ1v) is 6.18. The molecular weight excluding hydrogens is 222 g/mol. The van der Waals surface area contributed by atoms with E-state index in [4.69, 9.17) is 4.74 Å². The summed E-state index contributed by atoms with van der Waals surface area (Å²) in [5, 5.41) is 11.9.